The number of esters is 1. The zero-order valence-electron chi connectivity index (χ0n) is 13.2. The summed E-state index contributed by atoms with van der Waals surface area (Å²) in [6, 6.07) is 16.5. The second kappa shape index (κ2) is 5.91. The molecule has 0 radical (unpaired) electrons. The third-order valence-corrected chi connectivity index (χ3v) is 4.01. The van der Waals surface area contributed by atoms with Crippen LogP contribution in [0.2, 0.25) is 0 Å². The molecule has 4 aromatic rings. The lowest BCUT2D eigenvalue weighted by Gasteiger charge is -2.12. The van der Waals surface area contributed by atoms with Crippen molar-refractivity contribution < 1.29 is 27.1 Å². The molecule has 4 rings (SSSR count). The quantitative estimate of drug-likeness (QED) is 0.335. The molecule has 0 N–H and O–H groups in total. The molecule has 0 aliphatic rings. The summed E-state index contributed by atoms with van der Waals surface area (Å²) in [5.41, 5.74) is -0.285. The van der Waals surface area contributed by atoms with Crippen LogP contribution in [0.4, 0.5) is 13.2 Å². The fourth-order valence-electron chi connectivity index (χ4n) is 2.84. The fraction of sp³-hybridized carbons (Fsp3) is 0.0500. The van der Waals surface area contributed by atoms with Gasteiger partial charge in [0.15, 0.2) is 0 Å². The van der Waals surface area contributed by atoms with Crippen molar-refractivity contribution in [1.82, 2.24) is 0 Å². The van der Waals surface area contributed by atoms with E-state index in [2.05, 4.69) is 0 Å². The standard InChI is InChI=1S/C20H11F3O3/c21-20(22,23)16-7-3-1-6-14(16)19(24)25-12-9-10-18-15(11-12)13-5-2-4-8-17(13)26-18/h1-11H. The highest BCUT2D eigenvalue weighted by Gasteiger charge is 2.35. The lowest BCUT2D eigenvalue weighted by Crippen LogP contribution is -2.16. The Hall–Kier alpha value is -3.28. The number of rotatable bonds is 2. The minimum absolute atomic E-state index is 0.144. The molecule has 0 atom stereocenters. The van der Waals surface area contributed by atoms with E-state index in [1.807, 2.05) is 18.2 Å². The summed E-state index contributed by atoms with van der Waals surface area (Å²) in [7, 11) is 0. The van der Waals surface area contributed by atoms with E-state index in [0.717, 1.165) is 22.9 Å². The second-order valence-corrected chi connectivity index (χ2v) is 5.69. The first kappa shape index (κ1) is 16.2. The van der Waals surface area contributed by atoms with E-state index in [9.17, 15) is 18.0 Å². The van der Waals surface area contributed by atoms with Crippen LogP contribution in [0, 0.1) is 0 Å². The van der Waals surface area contributed by atoms with Crippen molar-refractivity contribution in [2.45, 2.75) is 6.18 Å². The molecule has 0 aliphatic heterocycles. The van der Waals surface area contributed by atoms with Crippen LogP contribution in [0.25, 0.3) is 21.9 Å². The van der Waals surface area contributed by atoms with E-state index in [-0.39, 0.29) is 5.75 Å². The molecule has 1 heterocycles. The van der Waals surface area contributed by atoms with E-state index < -0.39 is 23.3 Å². The summed E-state index contributed by atoms with van der Waals surface area (Å²) in [5, 5.41) is 1.55. The van der Waals surface area contributed by atoms with Gasteiger partial charge in [0.25, 0.3) is 0 Å². The third-order valence-electron chi connectivity index (χ3n) is 4.01. The number of alkyl halides is 3. The summed E-state index contributed by atoms with van der Waals surface area (Å²) < 4.78 is 50.1. The number of furan rings is 1. The van der Waals surface area contributed by atoms with Crippen LogP contribution in [0.15, 0.2) is 71.1 Å². The SMILES string of the molecule is O=C(Oc1ccc2oc3ccccc3c2c1)c1ccccc1C(F)(F)F. The fourth-order valence-corrected chi connectivity index (χ4v) is 2.84. The molecule has 0 spiro atoms. The molecule has 0 saturated heterocycles. The van der Waals surface area contributed by atoms with Gasteiger partial charge in [-0.2, -0.15) is 13.2 Å². The van der Waals surface area contributed by atoms with Crippen molar-refractivity contribution in [3.8, 4) is 5.75 Å². The zero-order chi connectivity index (χ0) is 18.3. The van der Waals surface area contributed by atoms with Crippen molar-refractivity contribution in [2.24, 2.45) is 0 Å². The number of halogens is 3. The zero-order valence-corrected chi connectivity index (χ0v) is 13.2. The first-order valence-electron chi connectivity index (χ1n) is 7.73. The van der Waals surface area contributed by atoms with Crippen molar-refractivity contribution in [3.05, 3.63) is 77.9 Å². The van der Waals surface area contributed by atoms with Crippen LogP contribution >= 0.6 is 0 Å². The van der Waals surface area contributed by atoms with Gasteiger partial charge >= 0.3 is 12.1 Å². The Morgan fingerprint density at radius 2 is 1.54 bits per heavy atom. The normalized spacial score (nSPS) is 11.8. The van der Waals surface area contributed by atoms with Gasteiger partial charge in [-0.15, -0.1) is 0 Å². The average Bonchev–Trinajstić information content (AvgIpc) is 2.99. The monoisotopic (exact) mass is 356 g/mol. The molecule has 0 saturated carbocycles. The molecule has 0 bridgehead atoms. The maximum atomic E-state index is 13.1. The predicted octanol–water partition coefficient (Wildman–Crippen LogP) is 5.82. The van der Waals surface area contributed by atoms with E-state index >= 15 is 0 Å². The maximum absolute atomic E-state index is 13.1. The third kappa shape index (κ3) is 2.79. The molecule has 0 unspecified atom stereocenters. The maximum Gasteiger partial charge on any atom is 0.417 e. The van der Waals surface area contributed by atoms with Gasteiger partial charge in [-0.05, 0) is 36.4 Å². The molecular weight excluding hydrogens is 345 g/mol. The second-order valence-electron chi connectivity index (χ2n) is 5.69. The van der Waals surface area contributed by atoms with Crippen LogP contribution in [-0.4, -0.2) is 5.97 Å². The largest absolute Gasteiger partial charge is 0.456 e. The van der Waals surface area contributed by atoms with Crippen LogP contribution in [0.5, 0.6) is 5.75 Å². The minimum atomic E-state index is -4.64. The summed E-state index contributed by atoms with van der Waals surface area (Å²) in [4.78, 5) is 12.3. The highest BCUT2D eigenvalue weighted by molar-refractivity contribution is 6.05. The molecule has 3 nitrogen and oxygen atoms in total. The number of fused-ring (bicyclic) bond motifs is 3. The highest BCUT2D eigenvalue weighted by Crippen LogP contribution is 2.34. The topological polar surface area (TPSA) is 39.4 Å². The van der Waals surface area contributed by atoms with Crippen molar-refractivity contribution in [3.63, 3.8) is 0 Å². The van der Waals surface area contributed by atoms with Gasteiger partial charge in [-0.3, -0.25) is 0 Å². The van der Waals surface area contributed by atoms with E-state index in [1.165, 1.54) is 18.2 Å². The van der Waals surface area contributed by atoms with Gasteiger partial charge in [0.1, 0.15) is 16.9 Å². The summed E-state index contributed by atoms with van der Waals surface area (Å²) >= 11 is 0. The molecule has 130 valence electrons. The molecule has 0 amide bonds. The van der Waals surface area contributed by atoms with Crippen molar-refractivity contribution >= 4 is 27.9 Å². The Labute approximate surface area is 145 Å². The Bertz CT molecular complexity index is 1130. The number of carbonyl (C=O) groups is 1. The number of hydrogen-bond acceptors (Lipinski definition) is 3. The summed E-state index contributed by atoms with van der Waals surface area (Å²) in [6.07, 6.45) is -4.64. The van der Waals surface area contributed by atoms with Gasteiger partial charge in [-0.25, -0.2) is 4.79 Å². The molecule has 0 fully saturated rings. The molecule has 3 aromatic carbocycles. The lowest BCUT2D eigenvalue weighted by atomic mass is 10.1. The Morgan fingerprint density at radius 1 is 0.846 bits per heavy atom. The first-order chi connectivity index (χ1) is 12.4. The number of carbonyl (C=O) groups excluding carboxylic acids is 1. The molecule has 6 heteroatoms. The highest BCUT2D eigenvalue weighted by atomic mass is 19.4. The number of hydrogen-bond donors (Lipinski definition) is 0. The smallest absolute Gasteiger partial charge is 0.417 e. The number of benzene rings is 3. The Kier molecular flexibility index (Phi) is 3.68. The summed E-state index contributed by atoms with van der Waals surface area (Å²) in [6.45, 7) is 0. The number of para-hydroxylation sites is 1. The lowest BCUT2D eigenvalue weighted by molar-refractivity contribution is -0.138. The number of ether oxygens (including phenoxy) is 1. The van der Waals surface area contributed by atoms with Crippen molar-refractivity contribution in [2.75, 3.05) is 0 Å². The average molecular weight is 356 g/mol. The van der Waals surface area contributed by atoms with E-state index in [1.54, 1.807) is 18.2 Å². The van der Waals surface area contributed by atoms with Gasteiger partial charge in [0, 0.05) is 10.8 Å². The molecule has 26 heavy (non-hydrogen) atoms. The van der Waals surface area contributed by atoms with E-state index in [0.29, 0.717) is 11.2 Å². The Morgan fingerprint density at radius 3 is 2.35 bits per heavy atom. The van der Waals surface area contributed by atoms with Crippen molar-refractivity contribution in [1.29, 1.82) is 0 Å². The van der Waals surface area contributed by atoms with Crippen LogP contribution in [0.1, 0.15) is 15.9 Å². The van der Waals surface area contributed by atoms with Crippen LogP contribution in [0.3, 0.4) is 0 Å². The van der Waals surface area contributed by atoms with Crippen LogP contribution < -0.4 is 4.74 Å². The first-order valence-corrected chi connectivity index (χ1v) is 7.73. The summed E-state index contributed by atoms with van der Waals surface area (Å²) in [5.74, 6) is -0.920. The van der Waals surface area contributed by atoms with Crippen LogP contribution in [-0.2, 0) is 6.18 Å². The van der Waals surface area contributed by atoms with Gasteiger partial charge < -0.3 is 9.15 Å². The van der Waals surface area contributed by atoms with Gasteiger partial charge in [-0.1, -0.05) is 30.3 Å². The minimum Gasteiger partial charge on any atom is -0.456 e. The molecule has 1 aromatic heterocycles. The Balaban J connectivity index is 1.72. The van der Waals surface area contributed by atoms with Gasteiger partial charge in [0.2, 0.25) is 0 Å². The molecule has 0 aliphatic carbocycles. The van der Waals surface area contributed by atoms with Gasteiger partial charge in [0.05, 0.1) is 11.1 Å². The van der Waals surface area contributed by atoms with E-state index in [4.69, 9.17) is 9.15 Å². The molecular formula is C20H11F3O3. The predicted molar refractivity (Wildman–Crippen MR) is 90.1 cm³/mol.